The van der Waals surface area contributed by atoms with Crippen molar-refractivity contribution >= 4 is 0 Å². The first-order valence-electron chi connectivity index (χ1n) is 10.1. The average molecular weight is 389 g/mol. The van der Waals surface area contributed by atoms with Gasteiger partial charge in [-0.25, -0.2) is 4.98 Å². The minimum atomic E-state index is 0.262. The van der Waals surface area contributed by atoms with Crippen LogP contribution in [0.4, 0.5) is 0 Å². The third kappa shape index (κ3) is 4.16. The molecule has 150 valence electrons. The smallest absolute Gasteiger partial charge is 0.0958 e. The molecule has 0 bridgehead atoms. The number of hydrogen-bond acceptors (Lipinski definition) is 3. The Labute approximate surface area is 171 Å². The second-order valence-electron chi connectivity index (χ2n) is 7.81. The fourth-order valence-corrected chi connectivity index (χ4v) is 3.94. The van der Waals surface area contributed by atoms with Crippen molar-refractivity contribution < 1.29 is 0 Å². The Balaban J connectivity index is 1.65. The largest absolute Gasteiger partial charge is 0.331 e. The molecular weight excluding hydrogens is 360 g/mol. The molecule has 6 nitrogen and oxygen atoms in total. The minimum absolute atomic E-state index is 0.262. The van der Waals surface area contributed by atoms with Gasteiger partial charge in [0.1, 0.15) is 0 Å². The molecular formula is C23H28N6. The zero-order valence-corrected chi connectivity index (χ0v) is 17.6. The van der Waals surface area contributed by atoms with Crippen LogP contribution in [0.3, 0.4) is 0 Å². The normalized spacial score (nSPS) is 12.4. The molecule has 0 saturated heterocycles. The van der Waals surface area contributed by atoms with E-state index in [0.717, 1.165) is 47.7 Å². The Morgan fingerprint density at radius 3 is 2.52 bits per heavy atom. The Hall–Kier alpha value is -3.15. The van der Waals surface area contributed by atoms with Crippen molar-refractivity contribution in [2.75, 3.05) is 0 Å². The molecule has 3 heterocycles. The molecule has 0 aliphatic heterocycles. The zero-order chi connectivity index (χ0) is 20.4. The summed E-state index contributed by atoms with van der Waals surface area (Å²) in [6.45, 7) is 9.24. The number of rotatable bonds is 7. The predicted molar refractivity (Wildman–Crippen MR) is 115 cm³/mol. The molecule has 0 spiro atoms. The first kappa shape index (κ1) is 19.2. The van der Waals surface area contributed by atoms with Crippen molar-refractivity contribution in [2.24, 2.45) is 0 Å². The van der Waals surface area contributed by atoms with Crippen LogP contribution in [0.5, 0.6) is 0 Å². The van der Waals surface area contributed by atoms with Gasteiger partial charge in [-0.15, -0.1) is 0 Å². The van der Waals surface area contributed by atoms with Crippen LogP contribution in [-0.2, 0) is 19.4 Å². The number of aromatic nitrogens is 6. The topological polar surface area (TPSA) is 64.3 Å². The van der Waals surface area contributed by atoms with Crippen LogP contribution in [0.15, 0.2) is 48.8 Å². The van der Waals surface area contributed by atoms with Gasteiger partial charge < -0.3 is 4.57 Å². The first-order chi connectivity index (χ1) is 14.0. The molecule has 0 amide bonds. The number of nitrogens with zero attached hydrogens (tertiary/aromatic N) is 5. The summed E-state index contributed by atoms with van der Waals surface area (Å²) in [4.78, 5) is 4.80. The lowest BCUT2D eigenvalue weighted by molar-refractivity contribution is 0.501. The zero-order valence-electron chi connectivity index (χ0n) is 17.6. The lowest BCUT2D eigenvalue weighted by Gasteiger charge is -2.17. The van der Waals surface area contributed by atoms with Crippen LogP contribution < -0.4 is 0 Å². The summed E-state index contributed by atoms with van der Waals surface area (Å²) in [6.07, 6.45) is 3.71. The SMILES string of the molecule is Cc1cc(C)n(CCc2c(-c3ccccc3)ncn2C(C)Cc2cc(C)[nH]n2)n1. The van der Waals surface area contributed by atoms with E-state index in [9.17, 15) is 0 Å². The highest BCUT2D eigenvalue weighted by Gasteiger charge is 2.18. The van der Waals surface area contributed by atoms with E-state index in [-0.39, 0.29) is 6.04 Å². The molecule has 29 heavy (non-hydrogen) atoms. The third-order valence-electron chi connectivity index (χ3n) is 5.35. The van der Waals surface area contributed by atoms with Crippen molar-refractivity contribution in [1.29, 1.82) is 0 Å². The van der Waals surface area contributed by atoms with Crippen molar-refractivity contribution in [2.45, 2.75) is 53.1 Å². The lowest BCUT2D eigenvalue weighted by atomic mass is 10.1. The highest BCUT2D eigenvalue weighted by atomic mass is 15.3. The molecule has 4 aromatic rings. The quantitative estimate of drug-likeness (QED) is 0.509. The van der Waals surface area contributed by atoms with Gasteiger partial charge >= 0.3 is 0 Å². The summed E-state index contributed by atoms with van der Waals surface area (Å²) in [5, 5.41) is 12.1. The van der Waals surface area contributed by atoms with Gasteiger partial charge in [-0.1, -0.05) is 30.3 Å². The van der Waals surface area contributed by atoms with E-state index in [4.69, 9.17) is 4.98 Å². The molecule has 4 rings (SSSR count). The summed E-state index contributed by atoms with van der Waals surface area (Å²) < 4.78 is 4.39. The fraction of sp³-hybridized carbons (Fsp3) is 0.348. The molecule has 0 fully saturated rings. The van der Waals surface area contributed by atoms with Crippen molar-refractivity contribution in [3.05, 3.63) is 77.3 Å². The summed E-state index contributed by atoms with van der Waals surface area (Å²) in [7, 11) is 0. The van der Waals surface area contributed by atoms with Gasteiger partial charge in [0.15, 0.2) is 0 Å². The van der Waals surface area contributed by atoms with E-state index in [1.165, 1.54) is 11.4 Å². The number of aryl methyl sites for hydroxylation is 4. The second-order valence-corrected chi connectivity index (χ2v) is 7.81. The van der Waals surface area contributed by atoms with Crippen LogP contribution in [0, 0.1) is 20.8 Å². The minimum Gasteiger partial charge on any atom is -0.331 e. The number of nitrogens with one attached hydrogen (secondary N) is 1. The molecule has 6 heteroatoms. The maximum absolute atomic E-state index is 4.80. The van der Waals surface area contributed by atoms with Crippen molar-refractivity contribution in [1.82, 2.24) is 29.5 Å². The summed E-state index contributed by atoms with van der Waals surface area (Å²) in [5.74, 6) is 0. The maximum atomic E-state index is 4.80. The van der Waals surface area contributed by atoms with Crippen LogP contribution >= 0.6 is 0 Å². The number of benzene rings is 1. The third-order valence-corrected chi connectivity index (χ3v) is 5.35. The van der Waals surface area contributed by atoms with Crippen molar-refractivity contribution in [3.63, 3.8) is 0 Å². The molecule has 0 saturated carbocycles. The molecule has 1 unspecified atom stereocenters. The summed E-state index contributed by atoms with van der Waals surface area (Å²) in [5.41, 5.74) is 7.86. The molecule has 1 aromatic carbocycles. The van der Waals surface area contributed by atoms with E-state index in [0.29, 0.717) is 0 Å². The number of aromatic amines is 1. The molecule has 1 atom stereocenters. The second kappa shape index (κ2) is 8.07. The number of hydrogen-bond donors (Lipinski definition) is 1. The van der Waals surface area contributed by atoms with Gasteiger partial charge in [0, 0.05) is 48.1 Å². The van der Waals surface area contributed by atoms with E-state index < -0.39 is 0 Å². The summed E-state index contributed by atoms with van der Waals surface area (Å²) in [6, 6.07) is 14.9. The monoisotopic (exact) mass is 388 g/mol. The lowest BCUT2D eigenvalue weighted by Crippen LogP contribution is -2.14. The van der Waals surface area contributed by atoms with E-state index in [2.05, 4.69) is 74.8 Å². The Bertz CT molecular complexity index is 1090. The van der Waals surface area contributed by atoms with Gasteiger partial charge in [-0.3, -0.25) is 9.78 Å². The van der Waals surface area contributed by atoms with Gasteiger partial charge in [0.2, 0.25) is 0 Å². The Morgan fingerprint density at radius 2 is 1.86 bits per heavy atom. The van der Waals surface area contributed by atoms with Gasteiger partial charge in [-0.2, -0.15) is 10.2 Å². The van der Waals surface area contributed by atoms with Crippen LogP contribution in [0.25, 0.3) is 11.3 Å². The predicted octanol–water partition coefficient (Wildman–Crippen LogP) is 4.44. The van der Waals surface area contributed by atoms with E-state index in [1.54, 1.807) is 0 Å². The summed E-state index contributed by atoms with van der Waals surface area (Å²) >= 11 is 0. The first-order valence-corrected chi connectivity index (χ1v) is 10.1. The average Bonchev–Trinajstić information content (AvgIpc) is 3.39. The fourth-order valence-electron chi connectivity index (χ4n) is 3.94. The number of H-pyrrole nitrogens is 1. The standard InChI is InChI=1S/C23H28N6/c1-16-13-21(26-25-16)14-18(3)28-15-24-23(20-8-6-5-7-9-20)22(28)10-11-29-19(4)12-17(2)27-29/h5-9,12-13,15,18H,10-11,14H2,1-4H3,(H,25,26). The van der Waals surface area contributed by atoms with Gasteiger partial charge in [0.25, 0.3) is 0 Å². The highest BCUT2D eigenvalue weighted by molar-refractivity contribution is 5.61. The Kier molecular flexibility index (Phi) is 5.34. The Morgan fingerprint density at radius 1 is 1.07 bits per heavy atom. The highest BCUT2D eigenvalue weighted by Crippen LogP contribution is 2.26. The van der Waals surface area contributed by atoms with E-state index >= 15 is 0 Å². The molecule has 0 aliphatic rings. The molecule has 0 aliphatic carbocycles. The van der Waals surface area contributed by atoms with E-state index in [1.807, 2.05) is 26.2 Å². The van der Waals surface area contributed by atoms with Gasteiger partial charge in [0.05, 0.1) is 23.4 Å². The maximum Gasteiger partial charge on any atom is 0.0958 e. The molecule has 3 aromatic heterocycles. The van der Waals surface area contributed by atoms with Gasteiger partial charge in [-0.05, 0) is 39.8 Å². The molecule has 0 radical (unpaired) electrons. The van der Waals surface area contributed by atoms with Crippen molar-refractivity contribution in [3.8, 4) is 11.3 Å². The molecule has 1 N–H and O–H groups in total. The van der Waals surface area contributed by atoms with Crippen LogP contribution in [0.2, 0.25) is 0 Å². The van der Waals surface area contributed by atoms with Crippen LogP contribution in [-0.4, -0.2) is 29.5 Å². The number of imidazole rings is 1. The van der Waals surface area contributed by atoms with Crippen LogP contribution in [0.1, 0.15) is 41.4 Å².